The van der Waals surface area contributed by atoms with Gasteiger partial charge in [0.1, 0.15) is 5.82 Å². The maximum atomic E-state index is 5.69. The normalized spacial score (nSPS) is 21.9. The Balaban J connectivity index is 1.86. The quantitative estimate of drug-likeness (QED) is 0.834. The van der Waals surface area contributed by atoms with Gasteiger partial charge in [-0.15, -0.1) is 0 Å². The smallest absolute Gasteiger partial charge is 0.109 e. The molecule has 0 radical (unpaired) electrons. The fraction of sp³-hybridized carbons (Fsp3) is 0.769. The van der Waals surface area contributed by atoms with Crippen molar-refractivity contribution in [3.05, 3.63) is 18.2 Å². The molecule has 17 heavy (non-hydrogen) atoms. The molecule has 1 aliphatic rings. The number of rotatable bonds is 5. The number of hydrogen-bond donors (Lipinski definition) is 1. The first-order valence-corrected chi connectivity index (χ1v) is 6.71. The lowest BCUT2D eigenvalue weighted by Crippen LogP contribution is -2.41. The number of aryl methyl sites for hydroxylation is 1. The van der Waals surface area contributed by atoms with Crippen LogP contribution in [0.3, 0.4) is 0 Å². The molecule has 1 aromatic rings. The van der Waals surface area contributed by atoms with E-state index in [0.717, 1.165) is 25.9 Å². The molecule has 0 amide bonds. The Labute approximate surface area is 104 Å². The van der Waals surface area contributed by atoms with Gasteiger partial charge in [-0.1, -0.05) is 6.42 Å². The number of imidazole rings is 1. The summed E-state index contributed by atoms with van der Waals surface area (Å²) in [5.41, 5.74) is 5.69. The lowest BCUT2D eigenvalue weighted by atomic mass is 9.99. The van der Waals surface area contributed by atoms with Crippen molar-refractivity contribution < 1.29 is 0 Å². The maximum Gasteiger partial charge on any atom is 0.109 e. The van der Waals surface area contributed by atoms with Crippen LogP contribution in [-0.4, -0.2) is 40.1 Å². The zero-order valence-corrected chi connectivity index (χ0v) is 10.8. The maximum absolute atomic E-state index is 5.69. The Hall–Kier alpha value is -0.870. The molecule has 0 saturated carbocycles. The fourth-order valence-electron chi connectivity index (χ4n) is 2.75. The van der Waals surface area contributed by atoms with E-state index in [1.165, 1.54) is 31.6 Å². The average molecular weight is 236 g/mol. The van der Waals surface area contributed by atoms with Crippen molar-refractivity contribution in [2.24, 2.45) is 12.8 Å². The number of likely N-dealkylation sites (tertiary alicyclic amines) is 1. The van der Waals surface area contributed by atoms with Gasteiger partial charge in [0.2, 0.25) is 0 Å². The molecule has 1 atom stereocenters. The van der Waals surface area contributed by atoms with Gasteiger partial charge in [-0.25, -0.2) is 4.98 Å². The van der Waals surface area contributed by atoms with E-state index in [9.17, 15) is 0 Å². The molecule has 1 unspecified atom stereocenters. The van der Waals surface area contributed by atoms with Crippen LogP contribution in [0.4, 0.5) is 0 Å². The molecule has 0 spiro atoms. The van der Waals surface area contributed by atoms with Crippen molar-refractivity contribution >= 4 is 0 Å². The molecular weight excluding hydrogens is 212 g/mol. The van der Waals surface area contributed by atoms with E-state index in [2.05, 4.69) is 21.5 Å². The predicted octanol–water partition coefficient (Wildman–Crippen LogP) is 1.17. The summed E-state index contributed by atoms with van der Waals surface area (Å²) in [4.78, 5) is 6.99. The summed E-state index contributed by atoms with van der Waals surface area (Å²) in [6, 6.07) is 0.703. The number of piperidine rings is 1. The Kier molecular flexibility index (Phi) is 4.57. The molecule has 1 aromatic heterocycles. The lowest BCUT2D eigenvalue weighted by molar-refractivity contribution is 0.143. The van der Waals surface area contributed by atoms with E-state index >= 15 is 0 Å². The SMILES string of the molecule is Cn1ccnc1CCN1CCCCC1CCN. The van der Waals surface area contributed by atoms with Gasteiger partial charge < -0.3 is 10.3 Å². The predicted molar refractivity (Wildman–Crippen MR) is 69.8 cm³/mol. The summed E-state index contributed by atoms with van der Waals surface area (Å²) in [5, 5.41) is 0. The third-order valence-electron chi connectivity index (χ3n) is 3.79. The molecule has 4 heteroatoms. The van der Waals surface area contributed by atoms with E-state index in [1.54, 1.807) is 0 Å². The van der Waals surface area contributed by atoms with Gasteiger partial charge in [-0.2, -0.15) is 0 Å². The van der Waals surface area contributed by atoms with Gasteiger partial charge >= 0.3 is 0 Å². The second kappa shape index (κ2) is 6.17. The minimum absolute atomic E-state index is 0.703. The molecule has 2 N–H and O–H groups in total. The number of nitrogens with zero attached hydrogens (tertiary/aromatic N) is 3. The highest BCUT2D eigenvalue weighted by molar-refractivity contribution is 4.92. The third-order valence-corrected chi connectivity index (χ3v) is 3.79. The fourth-order valence-corrected chi connectivity index (χ4v) is 2.75. The summed E-state index contributed by atoms with van der Waals surface area (Å²) < 4.78 is 2.11. The standard InChI is InChI=1S/C13H24N4/c1-16-11-8-15-13(16)6-10-17-9-3-2-4-12(17)5-7-14/h8,11-12H,2-7,9-10,14H2,1H3. The van der Waals surface area contributed by atoms with Crippen LogP contribution in [0.25, 0.3) is 0 Å². The number of nitrogens with two attached hydrogens (primary N) is 1. The summed E-state index contributed by atoms with van der Waals surface area (Å²) in [5.74, 6) is 1.18. The molecular formula is C13H24N4. The van der Waals surface area contributed by atoms with E-state index in [4.69, 9.17) is 5.73 Å². The van der Waals surface area contributed by atoms with Gasteiger partial charge in [-0.05, 0) is 32.4 Å². The van der Waals surface area contributed by atoms with Gasteiger partial charge in [0.05, 0.1) is 0 Å². The van der Waals surface area contributed by atoms with E-state index in [-0.39, 0.29) is 0 Å². The third kappa shape index (κ3) is 3.30. The minimum atomic E-state index is 0.703. The van der Waals surface area contributed by atoms with Crippen molar-refractivity contribution in [1.82, 2.24) is 14.5 Å². The van der Waals surface area contributed by atoms with Crippen LogP contribution in [0.2, 0.25) is 0 Å². The number of hydrogen-bond acceptors (Lipinski definition) is 3. The number of aromatic nitrogens is 2. The topological polar surface area (TPSA) is 47.1 Å². The monoisotopic (exact) mass is 236 g/mol. The van der Waals surface area contributed by atoms with Crippen molar-refractivity contribution in [2.75, 3.05) is 19.6 Å². The van der Waals surface area contributed by atoms with Crippen LogP contribution in [0.1, 0.15) is 31.5 Å². The molecule has 1 saturated heterocycles. The molecule has 96 valence electrons. The molecule has 1 aliphatic heterocycles. The highest BCUT2D eigenvalue weighted by Crippen LogP contribution is 2.19. The van der Waals surface area contributed by atoms with E-state index in [1.807, 2.05) is 12.4 Å². The molecule has 2 rings (SSSR count). The average Bonchev–Trinajstić information content (AvgIpc) is 2.74. The van der Waals surface area contributed by atoms with Crippen LogP contribution in [0, 0.1) is 0 Å². The summed E-state index contributed by atoms with van der Waals surface area (Å²) in [6.07, 6.45) is 10.1. The van der Waals surface area contributed by atoms with Crippen LogP contribution in [0.5, 0.6) is 0 Å². The Bertz CT molecular complexity index is 332. The van der Waals surface area contributed by atoms with E-state index in [0.29, 0.717) is 6.04 Å². The first-order valence-electron chi connectivity index (χ1n) is 6.71. The Morgan fingerprint density at radius 2 is 2.35 bits per heavy atom. The second-order valence-corrected chi connectivity index (χ2v) is 4.97. The van der Waals surface area contributed by atoms with Crippen molar-refractivity contribution in [1.29, 1.82) is 0 Å². The van der Waals surface area contributed by atoms with Gasteiger partial charge in [0, 0.05) is 38.4 Å². The van der Waals surface area contributed by atoms with Gasteiger partial charge in [-0.3, -0.25) is 4.90 Å². The molecule has 4 nitrogen and oxygen atoms in total. The van der Waals surface area contributed by atoms with Crippen LogP contribution in [-0.2, 0) is 13.5 Å². The van der Waals surface area contributed by atoms with Crippen molar-refractivity contribution in [3.8, 4) is 0 Å². The first kappa shape index (κ1) is 12.6. The molecule has 0 aliphatic carbocycles. The van der Waals surface area contributed by atoms with Gasteiger partial charge in [0.15, 0.2) is 0 Å². The zero-order valence-electron chi connectivity index (χ0n) is 10.8. The molecule has 1 fully saturated rings. The Morgan fingerprint density at radius 3 is 3.06 bits per heavy atom. The highest BCUT2D eigenvalue weighted by Gasteiger charge is 2.21. The molecule has 0 aromatic carbocycles. The summed E-state index contributed by atoms with van der Waals surface area (Å²) in [6.45, 7) is 3.16. The lowest BCUT2D eigenvalue weighted by Gasteiger charge is -2.35. The van der Waals surface area contributed by atoms with Crippen molar-refractivity contribution in [3.63, 3.8) is 0 Å². The molecule has 0 bridgehead atoms. The summed E-state index contributed by atoms with van der Waals surface area (Å²) in [7, 11) is 2.07. The first-order chi connectivity index (χ1) is 8.31. The minimum Gasteiger partial charge on any atom is -0.338 e. The summed E-state index contributed by atoms with van der Waals surface area (Å²) >= 11 is 0. The second-order valence-electron chi connectivity index (χ2n) is 4.97. The highest BCUT2D eigenvalue weighted by atomic mass is 15.2. The zero-order chi connectivity index (χ0) is 12.1. The van der Waals surface area contributed by atoms with E-state index < -0.39 is 0 Å². The van der Waals surface area contributed by atoms with Gasteiger partial charge in [0.25, 0.3) is 0 Å². The van der Waals surface area contributed by atoms with Crippen LogP contribution in [0.15, 0.2) is 12.4 Å². The van der Waals surface area contributed by atoms with Crippen molar-refractivity contribution in [2.45, 2.75) is 38.1 Å². The van der Waals surface area contributed by atoms with Crippen LogP contribution >= 0.6 is 0 Å². The molecule has 2 heterocycles. The van der Waals surface area contributed by atoms with Crippen LogP contribution < -0.4 is 5.73 Å². The Morgan fingerprint density at radius 1 is 1.47 bits per heavy atom. The largest absolute Gasteiger partial charge is 0.338 e.